The monoisotopic (exact) mass is 524 g/mol. The first-order chi connectivity index (χ1) is 17.5. The van der Waals surface area contributed by atoms with E-state index in [1.807, 2.05) is 12.1 Å². The molecule has 0 heterocycles. The largest absolute Gasteiger partial charge is 0.343 e. The molecule has 0 atom stereocenters. The number of carbonyl (C=O) groups excluding carboxylic acids is 2. The van der Waals surface area contributed by atoms with E-state index in [-0.39, 0.29) is 17.3 Å². The van der Waals surface area contributed by atoms with Crippen molar-refractivity contribution >= 4 is 27.3 Å². The van der Waals surface area contributed by atoms with Gasteiger partial charge in [-0.15, -0.1) is 0 Å². The lowest BCUT2D eigenvalue weighted by Crippen LogP contribution is -2.50. The molecule has 6 nitrogen and oxygen atoms in total. The molecule has 2 aliphatic rings. The lowest BCUT2D eigenvalue weighted by atomic mass is 9.71. The molecule has 9 heteroatoms. The fraction of sp³-hybridized carbons (Fsp3) is 0.286. The highest BCUT2D eigenvalue weighted by molar-refractivity contribution is 7.90. The van der Waals surface area contributed by atoms with E-state index >= 15 is 0 Å². The topological polar surface area (TPSA) is 92.3 Å². The second-order valence-electron chi connectivity index (χ2n) is 9.90. The van der Waals surface area contributed by atoms with Crippen molar-refractivity contribution in [1.82, 2.24) is 5.32 Å². The zero-order valence-electron chi connectivity index (χ0n) is 20.2. The first kappa shape index (κ1) is 25.1. The Morgan fingerprint density at radius 2 is 1.54 bits per heavy atom. The van der Waals surface area contributed by atoms with Crippen molar-refractivity contribution in [2.75, 3.05) is 11.6 Å². The summed E-state index contributed by atoms with van der Waals surface area (Å²) in [6.07, 6.45) is 4.34. The fourth-order valence-electron chi connectivity index (χ4n) is 4.96. The molecule has 0 radical (unpaired) electrons. The molecule has 0 spiro atoms. The van der Waals surface area contributed by atoms with E-state index in [4.69, 9.17) is 0 Å². The Morgan fingerprint density at radius 1 is 0.865 bits per heavy atom. The van der Waals surface area contributed by atoms with Crippen LogP contribution >= 0.6 is 0 Å². The SMILES string of the molecule is CS(=O)(=O)c1ccc(C(=O)NC2(c3ccc(NC(=O)C4(c5ccccc5F)CC4)cc3)CCC2)cc1F. The summed E-state index contributed by atoms with van der Waals surface area (Å²) < 4.78 is 51.9. The molecule has 2 fully saturated rings. The number of benzene rings is 3. The van der Waals surface area contributed by atoms with Gasteiger partial charge in [0.2, 0.25) is 5.91 Å². The number of hydrogen-bond donors (Lipinski definition) is 2. The summed E-state index contributed by atoms with van der Waals surface area (Å²) in [6, 6.07) is 16.8. The number of sulfone groups is 1. The van der Waals surface area contributed by atoms with E-state index in [9.17, 15) is 26.8 Å². The summed E-state index contributed by atoms with van der Waals surface area (Å²) >= 11 is 0. The van der Waals surface area contributed by atoms with Gasteiger partial charge in [-0.05, 0) is 74.1 Å². The highest BCUT2D eigenvalue weighted by atomic mass is 32.2. The van der Waals surface area contributed by atoms with Crippen molar-refractivity contribution in [3.63, 3.8) is 0 Å². The van der Waals surface area contributed by atoms with Crippen molar-refractivity contribution in [1.29, 1.82) is 0 Å². The van der Waals surface area contributed by atoms with E-state index < -0.39 is 37.4 Å². The first-order valence-electron chi connectivity index (χ1n) is 12.0. The third-order valence-electron chi connectivity index (χ3n) is 7.42. The molecule has 2 amide bonds. The summed E-state index contributed by atoms with van der Waals surface area (Å²) in [7, 11) is -3.74. The molecule has 5 rings (SSSR count). The van der Waals surface area contributed by atoms with Crippen LogP contribution in [0.15, 0.2) is 71.6 Å². The lowest BCUT2D eigenvalue weighted by molar-refractivity contribution is -0.118. The Morgan fingerprint density at radius 3 is 2.08 bits per heavy atom. The Bertz CT molecular complexity index is 1490. The minimum atomic E-state index is -3.74. The smallest absolute Gasteiger partial charge is 0.252 e. The van der Waals surface area contributed by atoms with Gasteiger partial charge in [0.15, 0.2) is 9.84 Å². The number of halogens is 2. The molecular weight excluding hydrogens is 498 g/mol. The van der Waals surface area contributed by atoms with Crippen molar-refractivity contribution in [2.45, 2.75) is 48.0 Å². The molecule has 2 N–H and O–H groups in total. The summed E-state index contributed by atoms with van der Waals surface area (Å²) in [5, 5.41) is 5.88. The van der Waals surface area contributed by atoms with Gasteiger partial charge in [0, 0.05) is 23.1 Å². The Hall–Kier alpha value is -3.59. The molecule has 0 bridgehead atoms. The summed E-state index contributed by atoms with van der Waals surface area (Å²) in [6.45, 7) is 0. The molecule has 0 aromatic heterocycles. The zero-order chi connectivity index (χ0) is 26.4. The summed E-state index contributed by atoms with van der Waals surface area (Å²) in [5.74, 6) is -2.12. The van der Waals surface area contributed by atoms with Crippen LogP contribution in [0, 0.1) is 11.6 Å². The zero-order valence-corrected chi connectivity index (χ0v) is 21.0. The molecule has 0 unspecified atom stereocenters. The van der Waals surface area contributed by atoms with Gasteiger partial charge in [-0.1, -0.05) is 30.3 Å². The van der Waals surface area contributed by atoms with Crippen molar-refractivity contribution in [3.05, 3.63) is 95.1 Å². The number of carbonyl (C=O) groups is 2. The minimum Gasteiger partial charge on any atom is -0.343 e. The molecule has 37 heavy (non-hydrogen) atoms. The number of nitrogens with one attached hydrogen (secondary N) is 2. The fourth-order valence-corrected chi connectivity index (χ4v) is 5.69. The molecular formula is C28H26F2N2O4S. The van der Waals surface area contributed by atoms with Crippen LogP contribution in [0.25, 0.3) is 0 Å². The maximum atomic E-state index is 14.3. The number of hydrogen-bond acceptors (Lipinski definition) is 4. The van der Waals surface area contributed by atoms with Gasteiger partial charge in [0.25, 0.3) is 5.91 Å². The molecule has 3 aromatic carbocycles. The van der Waals surface area contributed by atoms with Crippen molar-refractivity contribution in [3.8, 4) is 0 Å². The average molecular weight is 525 g/mol. The molecule has 0 aliphatic heterocycles. The van der Waals surface area contributed by atoms with Crippen LogP contribution < -0.4 is 10.6 Å². The number of amides is 2. The van der Waals surface area contributed by atoms with E-state index in [2.05, 4.69) is 10.6 Å². The average Bonchev–Trinajstić information content (AvgIpc) is 3.63. The van der Waals surface area contributed by atoms with Crippen LogP contribution in [-0.2, 0) is 25.6 Å². The van der Waals surface area contributed by atoms with Gasteiger partial charge >= 0.3 is 0 Å². The quantitative estimate of drug-likeness (QED) is 0.462. The second-order valence-corrected chi connectivity index (χ2v) is 11.9. The maximum absolute atomic E-state index is 14.3. The van der Waals surface area contributed by atoms with Gasteiger partial charge in [-0.25, -0.2) is 17.2 Å². The van der Waals surface area contributed by atoms with Crippen LogP contribution in [0.2, 0.25) is 0 Å². The highest BCUT2D eigenvalue weighted by Crippen LogP contribution is 2.50. The molecule has 2 saturated carbocycles. The summed E-state index contributed by atoms with van der Waals surface area (Å²) in [5.41, 5.74) is 0.347. The van der Waals surface area contributed by atoms with Crippen molar-refractivity contribution < 1.29 is 26.8 Å². The predicted octanol–water partition coefficient (Wildman–Crippen LogP) is 4.85. The predicted molar refractivity (Wildman–Crippen MR) is 135 cm³/mol. The van der Waals surface area contributed by atoms with Crippen LogP contribution in [0.4, 0.5) is 14.5 Å². The normalized spacial score (nSPS) is 17.4. The van der Waals surface area contributed by atoms with Crippen molar-refractivity contribution in [2.24, 2.45) is 0 Å². The van der Waals surface area contributed by atoms with Gasteiger partial charge < -0.3 is 10.6 Å². The van der Waals surface area contributed by atoms with Gasteiger partial charge in [0.1, 0.15) is 16.5 Å². The highest BCUT2D eigenvalue weighted by Gasteiger charge is 2.52. The molecule has 192 valence electrons. The third-order valence-corrected chi connectivity index (χ3v) is 8.55. The van der Waals surface area contributed by atoms with Crippen LogP contribution in [-0.4, -0.2) is 26.5 Å². The molecule has 2 aliphatic carbocycles. The van der Waals surface area contributed by atoms with Crippen LogP contribution in [0.5, 0.6) is 0 Å². The Labute approximate surface area is 214 Å². The van der Waals surface area contributed by atoms with E-state index in [0.29, 0.717) is 36.9 Å². The van der Waals surface area contributed by atoms with E-state index in [1.54, 1.807) is 30.3 Å². The van der Waals surface area contributed by atoms with Gasteiger partial charge in [-0.3, -0.25) is 9.59 Å². The number of rotatable bonds is 7. The standard InChI is InChI=1S/C28H26F2N2O4S/c1-37(35,36)24-12-7-18(17-23(24)30)25(33)32-28(13-4-14-28)19-8-10-20(11-9-19)31-26(34)27(15-16-27)21-5-2-3-6-22(21)29/h2-3,5-12,17H,4,13-16H2,1H3,(H,31,34)(H,32,33). The molecule has 3 aromatic rings. The third kappa shape index (κ3) is 4.64. The van der Waals surface area contributed by atoms with Gasteiger partial charge in [-0.2, -0.15) is 0 Å². The second kappa shape index (κ2) is 9.06. The minimum absolute atomic E-state index is 0.0305. The first-order valence-corrected chi connectivity index (χ1v) is 13.9. The van der Waals surface area contributed by atoms with Gasteiger partial charge in [0.05, 0.1) is 11.0 Å². The maximum Gasteiger partial charge on any atom is 0.252 e. The summed E-state index contributed by atoms with van der Waals surface area (Å²) in [4.78, 5) is 25.5. The Kier molecular flexibility index (Phi) is 6.14. The number of anilines is 1. The van der Waals surface area contributed by atoms with Crippen LogP contribution in [0.3, 0.4) is 0 Å². The van der Waals surface area contributed by atoms with Crippen LogP contribution in [0.1, 0.15) is 53.6 Å². The van der Waals surface area contributed by atoms with E-state index in [0.717, 1.165) is 30.4 Å². The molecule has 0 saturated heterocycles. The lowest BCUT2D eigenvalue weighted by Gasteiger charge is -2.43. The van der Waals surface area contributed by atoms with E-state index in [1.165, 1.54) is 12.1 Å². The Balaban J connectivity index is 1.30.